The Kier molecular flexibility index (Phi) is 6.26. The highest BCUT2D eigenvalue weighted by Crippen LogP contribution is 2.43. The minimum atomic E-state index is -5.94. The number of ether oxygens (including phenoxy) is 4. The van der Waals surface area contributed by atoms with E-state index in [0.717, 1.165) is 13.2 Å². The number of methoxy groups -OCH3 is 4. The van der Waals surface area contributed by atoms with Crippen molar-refractivity contribution < 1.29 is 44.7 Å². The first kappa shape index (κ1) is 23.3. The van der Waals surface area contributed by atoms with E-state index in [-0.39, 0.29) is 17.1 Å². The van der Waals surface area contributed by atoms with Crippen molar-refractivity contribution in [1.82, 2.24) is 4.98 Å². The number of benzene rings is 2. The third kappa shape index (κ3) is 4.31. The van der Waals surface area contributed by atoms with E-state index in [1.165, 1.54) is 33.6 Å². The molecule has 0 radical (unpaired) electrons. The highest BCUT2D eigenvalue weighted by atomic mass is 32.2. The van der Waals surface area contributed by atoms with E-state index in [1.54, 1.807) is 18.2 Å². The Bertz CT molecular complexity index is 1260. The molecule has 3 aromatic rings. The van der Waals surface area contributed by atoms with Crippen molar-refractivity contribution in [2.45, 2.75) is 5.51 Å². The average Bonchev–Trinajstić information content (AvgIpc) is 2.76. The molecule has 1 aromatic heterocycles. The Hall–Kier alpha value is -3.41. The predicted molar refractivity (Wildman–Crippen MR) is 109 cm³/mol. The number of aromatic nitrogens is 1. The summed E-state index contributed by atoms with van der Waals surface area (Å²) in [4.78, 5) is 4.35. The van der Waals surface area contributed by atoms with E-state index in [4.69, 9.17) is 18.9 Å². The largest absolute Gasteiger partial charge is 0.534 e. The standard InChI is InChI=1S/C20H18F3NO7S/c1-27-14-6-12-5-13(10-24-18(12)15(9-14)28-2)11-7-16(29-3)19(30-4)17(8-11)31-32(25,26)20(21,22)23/h5-10H,1-4H3. The molecule has 0 amide bonds. The van der Waals surface area contributed by atoms with Crippen LogP contribution < -0.4 is 23.1 Å². The maximum atomic E-state index is 12.9. The summed E-state index contributed by atoms with van der Waals surface area (Å²) in [7, 11) is -0.598. The van der Waals surface area contributed by atoms with Crippen LogP contribution in [-0.4, -0.2) is 47.3 Å². The summed E-state index contributed by atoms with van der Waals surface area (Å²) in [5.74, 6) is -0.0937. The van der Waals surface area contributed by atoms with Crippen LogP contribution in [0.15, 0.2) is 36.5 Å². The molecule has 3 rings (SSSR count). The minimum absolute atomic E-state index is 0.0410. The van der Waals surface area contributed by atoms with Gasteiger partial charge in [0.05, 0.1) is 28.4 Å². The quantitative estimate of drug-likeness (QED) is 0.373. The van der Waals surface area contributed by atoms with Crippen molar-refractivity contribution in [2.24, 2.45) is 0 Å². The summed E-state index contributed by atoms with van der Waals surface area (Å²) >= 11 is 0. The zero-order valence-electron chi connectivity index (χ0n) is 17.3. The molecule has 2 aromatic carbocycles. The summed E-state index contributed by atoms with van der Waals surface area (Å²) in [6.07, 6.45) is 1.45. The lowest BCUT2D eigenvalue weighted by molar-refractivity contribution is -0.0500. The molecule has 0 fully saturated rings. The molecule has 0 aliphatic rings. The number of fused-ring (bicyclic) bond motifs is 1. The van der Waals surface area contributed by atoms with Gasteiger partial charge in [-0.3, -0.25) is 4.98 Å². The van der Waals surface area contributed by atoms with E-state index < -0.39 is 21.4 Å². The number of rotatable bonds is 7. The van der Waals surface area contributed by atoms with Gasteiger partial charge in [-0.15, -0.1) is 0 Å². The Morgan fingerprint density at radius 3 is 2.00 bits per heavy atom. The van der Waals surface area contributed by atoms with Gasteiger partial charge in [-0.2, -0.15) is 21.6 Å². The lowest BCUT2D eigenvalue weighted by Gasteiger charge is -2.16. The molecule has 0 unspecified atom stereocenters. The molecule has 0 atom stereocenters. The van der Waals surface area contributed by atoms with Crippen LogP contribution in [0, 0.1) is 0 Å². The van der Waals surface area contributed by atoms with Gasteiger partial charge in [0.1, 0.15) is 17.0 Å². The molecule has 0 spiro atoms. The van der Waals surface area contributed by atoms with Crippen LogP contribution in [0.4, 0.5) is 13.2 Å². The van der Waals surface area contributed by atoms with Gasteiger partial charge >= 0.3 is 15.6 Å². The maximum absolute atomic E-state index is 12.9. The summed E-state index contributed by atoms with van der Waals surface area (Å²) < 4.78 is 86.8. The molecule has 0 aliphatic heterocycles. The summed E-state index contributed by atoms with van der Waals surface area (Å²) in [6, 6.07) is 7.56. The maximum Gasteiger partial charge on any atom is 0.534 e. The van der Waals surface area contributed by atoms with E-state index in [2.05, 4.69) is 9.17 Å². The lowest BCUT2D eigenvalue weighted by atomic mass is 10.0. The molecule has 0 bridgehead atoms. The van der Waals surface area contributed by atoms with Crippen LogP contribution in [0.3, 0.4) is 0 Å². The number of alkyl halides is 3. The first-order chi connectivity index (χ1) is 15.0. The van der Waals surface area contributed by atoms with Crippen LogP contribution in [-0.2, 0) is 10.1 Å². The van der Waals surface area contributed by atoms with Crippen LogP contribution >= 0.6 is 0 Å². The summed E-state index contributed by atoms with van der Waals surface area (Å²) in [6.45, 7) is 0. The van der Waals surface area contributed by atoms with Gasteiger partial charge in [0.2, 0.25) is 5.75 Å². The Labute approximate surface area is 181 Å². The fourth-order valence-corrected chi connectivity index (χ4v) is 3.40. The van der Waals surface area contributed by atoms with Crippen LogP contribution in [0.2, 0.25) is 0 Å². The molecular formula is C20H18F3NO7S. The van der Waals surface area contributed by atoms with Gasteiger partial charge in [0, 0.05) is 23.2 Å². The normalized spacial score (nSPS) is 11.8. The van der Waals surface area contributed by atoms with Crippen LogP contribution in [0.5, 0.6) is 28.7 Å². The second kappa shape index (κ2) is 8.61. The van der Waals surface area contributed by atoms with Gasteiger partial charge in [-0.05, 0) is 29.8 Å². The monoisotopic (exact) mass is 473 g/mol. The molecule has 8 nitrogen and oxygen atoms in total. The van der Waals surface area contributed by atoms with Crippen molar-refractivity contribution >= 4 is 21.0 Å². The van der Waals surface area contributed by atoms with Gasteiger partial charge < -0.3 is 23.1 Å². The van der Waals surface area contributed by atoms with Crippen LogP contribution in [0.1, 0.15) is 0 Å². The minimum Gasteiger partial charge on any atom is -0.497 e. The van der Waals surface area contributed by atoms with Crippen molar-refractivity contribution in [3.8, 4) is 39.9 Å². The third-order valence-corrected chi connectivity index (χ3v) is 5.40. The predicted octanol–water partition coefficient (Wildman–Crippen LogP) is 4.16. The fourth-order valence-electron chi connectivity index (χ4n) is 2.94. The zero-order chi connectivity index (χ0) is 23.7. The molecular weight excluding hydrogens is 455 g/mol. The number of hydrogen-bond acceptors (Lipinski definition) is 8. The highest BCUT2D eigenvalue weighted by Gasteiger charge is 2.49. The van der Waals surface area contributed by atoms with Gasteiger partial charge in [-0.1, -0.05) is 0 Å². The zero-order valence-corrected chi connectivity index (χ0v) is 18.1. The highest BCUT2D eigenvalue weighted by molar-refractivity contribution is 7.88. The molecule has 0 N–H and O–H groups in total. The van der Waals surface area contributed by atoms with Crippen molar-refractivity contribution in [2.75, 3.05) is 28.4 Å². The smallest absolute Gasteiger partial charge is 0.497 e. The first-order valence-corrected chi connectivity index (χ1v) is 10.2. The molecule has 0 saturated carbocycles. The molecule has 0 saturated heterocycles. The Balaban J connectivity index is 2.20. The molecule has 12 heteroatoms. The number of hydrogen-bond donors (Lipinski definition) is 0. The van der Waals surface area contributed by atoms with Gasteiger partial charge in [0.25, 0.3) is 0 Å². The van der Waals surface area contributed by atoms with E-state index in [1.807, 2.05) is 0 Å². The number of halogens is 3. The molecule has 172 valence electrons. The number of pyridine rings is 1. The third-order valence-electron chi connectivity index (χ3n) is 4.44. The second-order valence-corrected chi connectivity index (χ2v) is 7.86. The average molecular weight is 473 g/mol. The topological polar surface area (TPSA) is 93.2 Å². The van der Waals surface area contributed by atoms with Gasteiger partial charge in [0.15, 0.2) is 11.5 Å². The Morgan fingerprint density at radius 1 is 0.781 bits per heavy atom. The second-order valence-electron chi connectivity index (χ2n) is 6.32. The van der Waals surface area contributed by atoms with Crippen molar-refractivity contribution in [1.29, 1.82) is 0 Å². The molecule has 0 aliphatic carbocycles. The Morgan fingerprint density at radius 2 is 1.44 bits per heavy atom. The van der Waals surface area contributed by atoms with E-state index in [0.29, 0.717) is 28.0 Å². The fraction of sp³-hybridized carbons (Fsp3) is 0.250. The molecule has 32 heavy (non-hydrogen) atoms. The molecule has 1 heterocycles. The van der Waals surface area contributed by atoms with Gasteiger partial charge in [-0.25, -0.2) is 0 Å². The first-order valence-electron chi connectivity index (χ1n) is 8.83. The van der Waals surface area contributed by atoms with E-state index in [9.17, 15) is 21.6 Å². The van der Waals surface area contributed by atoms with E-state index >= 15 is 0 Å². The SMILES string of the molecule is COc1cc(OC)c2ncc(-c3cc(OC)c(OC)c(OS(=O)(=O)C(F)(F)F)c3)cc2c1. The van der Waals surface area contributed by atoms with Crippen molar-refractivity contribution in [3.05, 3.63) is 36.5 Å². The number of nitrogens with zero attached hydrogens (tertiary/aromatic N) is 1. The van der Waals surface area contributed by atoms with Crippen molar-refractivity contribution in [3.63, 3.8) is 0 Å². The summed E-state index contributed by atoms with van der Waals surface area (Å²) in [5, 5.41) is 0.610. The lowest BCUT2D eigenvalue weighted by Crippen LogP contribution is -2.28. The summed E-state index contributed by atoms with van der Waals surface area (Å²) in [5.41, 5.74) is -4.40. The van der Waals surface area contributed by atoms with Crippen LogP contribution in [0.25, 0.3) is 22.0 Å².